The molecule has 0 spiro atoms. The number of fused-ring (bicyclic) bond motifs is 1. The van der Waals surface area contributed by atoms with Gasteiger partial charge in [0.1, 0.15) is 0 Å². The van der Waals surface area contributed by atoms with Crippen molar-refractivity contribution in [1.29, 1.82) is 5.26 Å². The molecule has 1 aromatic heterocycles. The molecule has 6 heteroatoms. The molecule has 1 aliphatic rings. The van der Waals surface area contributed by atoms with E-state index in [-0.39, 0.29) is 5.88 Å². The van der Waals surface area contributed by atoms with E-state index in [1.807, 2.05) is 30.3 Å². The van der Waals surface area contributed by atoms with E-state index >= 15 is 0 Å². The van der Waals surface area contributed by atoms with Crippen molar-refractivity contribution >= 4 is 34.2 Å². The van der Waals surface area contributed by atoms with Crippen LogP contribution in [0, 0.1) is 17.2 Å². The summed E-state index contributed by atoms with van der Waals surface area (Å²) in [5.74, 6) is -1.53. The zero-order valence-electron chi connectivity index (χ0n) is 13.9. The summed E-state index contributed by atoms with van der Waals surface area (Å²) >= 11 is 6.04. The third-order valence-corrected chi connectivity index (χ3v) is 4.66. The molecule has 1 unspecified atom stereocenters. The number of nitriles is 1. The first-order chi connectivity index (χ1) is 12.1. The van der Waals surface area contributed by atoms with Crippen LogP contribution in [0.25, 0.3) is 10.9 Å². The standard InChI is InChI=1S/C19H16ClN3O2/c1-11-14(10-21)17(18(19(24)25-2)16(9-20)23-11)13-7-8-22-15-6-4-3-5-12(13)15/h3-8,14,17H,9H2,1-2H3/t14?,17-/m0/s1. The third kappa shape index (κ3) is 2.90. The van der Waals surface area contributed by atoms with E-state index in [1.54, 1.807) is 13.1 Å². The Morgan fingerprint density at radius 3 is 2.80 bits per heavy atom. The summed E-state index contributed by atoms with van der Waals surface area (Å²) in [4.78, 5) is 21.2. The zero-order valence-corrected chi connectivity index (χ0v) is 14.6. The lowest BCUT2D eigenvalue weighted by atomic mass is 9.75. The van der Waals surface area contributed by atoms with Crippen LogP contribution in [-0.4, -0.2) is 29.7 Å². The number of nitrogens with zero attached hydrogens (tertiary/aromatic N) is 3. The lowest BCUT2D eigenvalue weighted by Gasteiger charge is -2.29. The molecular formula is C19H16ClN3O2. The first-order valence-corrected chi connectivity index (χ1v) is 8.31. The van der Waals surface area contributed by atoms with Gasteiger partial charge >= 0.3 is 5.97 Å². The number of aromatic nitrogens is 1. The van der Waals surface area contributed by atoms with Crippen LogP contribution in [0.2, 0.25) is 0 Å². The smallest absolute Gasteiger partial charge is 0.336 e. The second-order valence-corrected chi connectivity index (χ2v) is 6.01. The van der Waals surface area contributed by atoms with Gasteiger partial charge in [-0.15, -0.1) is 11.6 Å². The number of carbonyl (C=O) groups excluding carboxylic acids is 1. The highest BCUT2D eigenvalue weighted by Gasteiger charge is 2.39. The van der Waals surface area contributed by atoms with Gasteiger partial charge in [-0.25, -0.2) is 4.79 Å². The van der Waals surface area contributed by atoms with E-state index in [0.717, 1.165) is 16.5 Å². The molecule has 1 aliphatic heterocycles. The van der Waals surface area contributed by atoms with Crippen molar-refractivity contribution in [2.24, 2.45) is 10.9 Å². The highest BCUT2D eigenvalue weighted by molar-refractivity contribution is 6.20. The van der Waals surface area contributed by atoms with Gasteiger partial charge in [0.2, 0.25) is 0 Å². The van der Waals surface area contributed by atoms with E-state index in [1.165, 1.54) is 7.11 Å². The highest BCUT2D eigenvalue weighted by atomic mass is 35.5. The minimum absolute atomic E-state index is 0.0689. The molecular weight excluding hydrogens is 338 g/mol. The van der Waals surface area contributed by atoms with Crippen LogP contribution >= 0.6 is 11.6 Å². The number of esters is 1. The monoisotopic (exact) mass is 353 g/mol. The average molecular weight is 354 g/mol. The summed E-state index contributed by atoms with van der Waals surface area (Å²) in [5, 5.41) is 10.6. The minimum atomic E-state index is -0.577. The maximum absolute atomic E-state index is 12.5. The molecule has 25 heavy (non-hydrogen) atoms. The number of carbonyl (C=O) groups is 1. The number of methoxy groups -OCH3 is 1. The van der Waals surface area contributed by atoms with E-state index in [2.05, 4.69) is 16.0 Å². The zero-order chi connectivity index (χ0) is 18.0. The highest BCUT2D eigenvalue weighted by Crippen LogP contribution is 2.41. The van der Waals surface area contributed by atoms with Crippen LogP contribution in [-0.2, 0) is 9.53 Å². The largest absolute Gasteiger partial charge is 0.466 e. The fraction of sp³-hybridized carbons (Fsp3) is 0.263. The van der Waals surface area contributed by atoms with Crippen molar-refractivity contribution in [2.45, 2.75) is 12.8 Å². The van der Waals surface area contributed by atoms with Gasteiger partial charge in [0.15, 0.2) is 0 Å². The molecule has 2 aromatic rings. The molecule has 0 saturated heterocycles. The topological polar surface area (TPSA) is 75.3 Å². The molecule has 0 bridgehead atoms. The van der Waals surface area contributed by atoms with Gasteiger partial charge in [0.05, 0.1) is 41.8 Å². The fourth-order valence-electron chi connectivity index (χ4n) is 3.28. The summed E-state index contributed by atoms with van der Waals surface area (Å²) in [7, 11) is 1.31. The van der Waals surface area contributed by atoms with Crippen LogP contribution in [0.4, 0.5) is 0 Å². The molecule has 0 N–H and O–H groups in total. The number of para-hydroxylation sites is 1. The van der Waals surface area contributed by atoms with Crippen LogP contribution < -0.4 is 0 Å². The van der Waals surface area contributed by atoms with Gasteiger partial charge in [-0.3, -0.25) is 9.98 Å². The summed E-state index contributed by atoms with van der Waals surface area (Å²) in [5.41, 5.74) is 3.06. The van der Waals surface area contributed by atoms with Crippen LogP contribution in [0.15, 0.2) is 52.8 Å². The van der Waals surface area contributed by atoms with E-state index in [9.17, 15) is 10.1 Å². The maximum atomic E-state index is 12.5. The fourth-order valence-corrected chi connectivity index (χ4v) is 3.48. The molecule has 0 aliphatic carbocycles. The molecule has 1 aromatic carbocycles. The van der Waals surface area contributed by atoms with Gasteiger partial charge in [-0.1, -0.05) is 18.2 Å². The first kappa shape index (κ1) is 17.1. The lowest BCUT2D eigenvalue weighted by Crippen LogP contribution is -2.30. The average Bonchev–Trinajstić information content (AvgIpc) is 2.66. The summed E-state index contributed by atoms with van der Waals surface area (Å²) in [6, 6.07) is 11.8. The van der Waals surface area contributed by atoms with Gasteiger partial charge in [-0.2, -0.15) is 5.26 Å². The number of benzene rings is 1. The molecule has 0 saturated carbocycles. The van der Waals surface area contributed by atoms with Crippen molar-refractivity contribution in [2.75, 3.05) is 13.0 Å². The predicted molar refractivity (Wildman–Crippen MR) is 96.5 cm³/mol. The number of pyridine rings is 1. The minimum Gasteiger partial charge on any atom is -0.466 e. The molecule has 0 fully saturated rings. The van der Waals surface area contributed by atoms with Crippen LogP contribution in [0.1, 0.15) is 18.4 Å². The van der Waals surface area contributed by atoms with Crippen molar-refractivity contribution in [1.82, 2.24) is 4.98 Å². The molecule has 2 atom stereocenters. The quantitative estimate of drug-likeness (QED) is 0.624. The van der Waals surface area contributed by atoms with Crippen LogP contribution in [0.5, 0.6) is 0 Å². The second-order valence-electron chi connectivity index (χ2n) is 5.74. The lowest BCUT2D eigenvalue weighted by molar-refractivity contribution is -0.136. The van der Waals surface area contributed by atoms with E-state index in [0.29, 0.717) is 17.0 Å². The number of ether oxygens (including phenoxy) is 1. The number of aliphatic imine (C=N–C) groups is 1. The predicted octanol–water partition coefficient (Wildman–Crippen LogP) is 3.60. The Balaban J connectivity index is 2.32. The number of allylic oxidation sites excluding steroid dienone is 1. The van der Waals surface area contributed by atoms with Gasteiger partial charge in [0, 0.05) is 23.2 Å². The number of rotatable bonds is 3. The summed E-state index contributed by atoms with van der Waals surface area (Å²) in [6.45, 7) is 1.78. The Morgan fingerprint density at radius 1 is 1.36 bits per heavy atom. The Kier molecular flexibility index (Phi) is 4.82. The molecule has 3 rings (SSSR count). The van der Waals surface area contributed by atoms with E-state index < -0.39 is 17.8 Å². The van der Waals surface area contributed by atoms with E-state index in [4.69, 9.17) is 16.3 Å². The summed E-state index contributed by atoms with van der Waals surface area (Å²) in [6.07, 6.45) is 1.68. The normalized spacial score (nSPS) is 20.2. The van der Waals surface area contributed by atoms with Crippen molar-refractivity contribution in [3.8, 4) is 6.07 Å². The second kappa shape index (κ2) is 7.04. The van der Waals surface area contributed by atoms with Gasteiger partial charge < -0.3 is 4.74 Å². The Bertz CT molecular complexity index is 938. The molecule has 0 radical (unpaired) electrons. The maximum Gasteiger partial charge on any atom is 0.336 e. The molecule has 0 amide bonds. The number of halogens is 1. The van der Waals surface area contributed by atoms with Crippen LogP contribution in [0.3, 0.4) is 0 Å². The first-order valence-electron chi connectivity index (χ1n) is 7.78. The Labute approximate surface area is 150 Å². The van der Waals surface area contributed by atoms with Gasteiger partial charge in [0.25, 0.3) is 0 Å². The molecule has 2 heterocycles. The SMILES string of the molecule is COC(=O)C1=C(CCl)N=C(C)C(C#N)[C@@H]1c1ccnc2ccccc12. The van der Waals surface area contributed by atoms with Crippen molar-refractivity contribution < 1.29 is 9.53 Å². The number of hydrogen-bond acceptors (Lipinski definition) is 5. The van der Waals surface area contributed by atoms with Crippen molar-refractivity contribution in [3.63, 3.8) is 0 Å². The van der Waals surface area contributed by atoms with Crippen molar-refractivity contribution in [3.05, 3.63) is 53.4 Å². The summed E-state index contributed by atoms with van der Waals surface area (Å²) < 4.78 is 4.96. The Hall–Kier alpha value is -2.71. The van der Waals surface area contributed by atoms with Gasteiger partial charge in [-0.05, 0) is 24.6 Å². The Morgan fingerprint density at radius 2 is 2.12 bits per heavy atom. The number of hydrogen-bond donors (Lipinski definition) is 0. The number of alkyl halides is 1. The third-order valence-electron chi connectivity index (χ3n) is 4.41. The molecule has 126 valence electrons. The molecule has 5 nitrogen and oxygen atoms in total.